The first-order chi connectivity index (χ1) is 6.13. The predicted octanol–water partition coefficient (Wildman–Crippen LogP) is 1.83. The van der Waals surface area contributed by atoms with Gasteiger partial charge in [0, 0.05) is 10.0 Å². The average Bonchev–Trinajstić information content (AvgIpc) is 2.07. The molecule has 0 heterocycles. The maximum absolute atomic E-state index is 10.4. The summed E-state index contributed by atoms with van der Waals surface area (Å²) in [4.78, 5) is 24.6. The highest BCUT2D eigenvalue weighted by Gasteiger charge is 2.06. The van der Waals surface area contributed by atoms with Crippen LogP contribution in [0.4, 0.5) is 0 Å². The molecule has 0 saturated heterocycles. The number of hydrogen-bond donors (Lipinski definition) is 0. The Morgan fingerprint density at radius 3 is 2.77 bits per heavy atom. The van der Waals surface area contributed by atoms with Gasteiger partial charge in [-0.2, -0.15) is 0 Å². The van der Waals surface area contributed by atoms with E-state index in [0.717, 1.165) is 0 Å². The van der Waals surface area contributed by atoms with Crippen LogP contribution >= 0.6 is 15.9 Å². The Morgan fingerprint density at radius 2 is 2.23 bits per heavy atom. The zero-order valence-electron chi connectivity index (χ0n) is 6.27. The Labute approximate surface area is 81.5 Å². The molecule has 13 heavy (non-hydrogen) atoms. The number of carbonyl (C=O) groups excluding carboxylic acids is 1. The number of hydrogen-bond acceptors (Lipinski definition) is 4. The molecule has 0 aromatic heterocycles. The Hall–Kier alpha value is -1.43. The maximum Gasteiger partial charge on any atom is 0.299 e. The van der Waals surface area contributed by atoms with Gasteiger partial charge in [-0.1, -0.05) is 15.9 Å². The van der Waals surface area contributed by atoms with Crippen molar-refractivity contribution < 1.29 is 14.7 Å². The van der Waals surface area contributed by atoms with E-state index >= 15 is 0 Å². The molecule has 0 bridgehead atoms. The summed E-state index contributed by atoms with van der Waals surface area (Å²) >= 11 is 3.12. The fraction of sp³-hybridized carbons (Fsp3) is 0. The van der Waals surface area contributed by atoms with Gasteiger partial charge in [-0.3, -0.25) is 9.63 Å². The third kappa shape index (κ3) is 2.51. The van der Waals surface area contributed by atoms with Crippen LogP contribution in [0.25, 0.3) is 0 Å². The van der Waals surface area contributed by atoms with Crippen LogP contribution < -0.4 is 4.84 Å². The van der Waals surface area contributed by atoms with Crippen LogP contribution in [0.2, 0.25) is 0 Å². The Balaban J connectivity index is 3.05. The van der Waals surface area contributed by atoms with Gasteiger partial charge in [0.05, 0.1) is 0 Å². The van der Waals surface area contributed by atoms with E-state index in [0.29, 0.717) is 10.8 Å². The summed E-state index contributed by atoms with van der Waals surface area (Å²) in [6, 6.07) is 4.33. The molecule has 0 N–H and O–H groups in total. The van der Waals surface area contributed by atoms with Crippen LogP contribution in [0.3, 0.4) is 0 Å². The molecule has 1 rings (SSSR count). The van der Waals surface area contributed by atoms with Gasteiger partial charge in [0.1, 0.15) is 5.75 Å². The van der Waals surface area contributed by atoms with Crippen LogP contribution in [0, 0.1) is 10.1 Å². The molecule has 68 valence electrons. The average molecular weight is 246 g/mol. The van der Waals surface area contributed by atoms with Gasteiger partial charge < -0.3 is 0 Å². The summed E-state index contributed by atoms with van der Waals surface area (Å²) in [7, 11) is 0. The number of halogens is 1. The minimum Gasteiger partial charge on any atom is -0.298 e. The largest absolute Gasteiger partial charge is 0.299 e. The third-order valence-electron chi connectivity index (χ3n) is 1.27. The second-order valence-electron chi connectivity index (χ2n) is 2.11. The third-order valence-corrected chi connectivity index (χ3v) is 1.76. The second kappa shape index (κ2) is 3.99. The summed E-state index contributed by atoms with van der Waals surface area (Å²) < 4.78 is 0.658. The molecule has 0 fully saturated rings. The lowest BCUT2D eigenvalue weighted by Gasteiger charge is -2.01. The van der Waals surface area contributed by atoms with Gasteiger partial charge in [0.15, 0.2) is 6.29 Å². The van der Waals surface area contributed by atoms with Gasteiger partial charge >= 0.3 is 0 Å². The summed E-state index contributed by atoms with van der Waals surface area (Å²) in [5, 5.41) is 9.02. The molecule has 0 amide bonds. The molecule has 0 atom stereocenters. The first-order valence-electron chi connectivity index (χ1n) is 3.20. The summed E-state index contributed by atoms with van der Waals surface area (Å²) in [5.41, 5.74) is 0.131. The molecule has 1 aromatic carbocycles. The minimum atomic E-state index is -0.962. The summed E-state index contributed by atoms with van der Waals surface area (Å²) in [5.74, 6) is -0.0665. The number of rotatable bonds is 3. The zero-order chi connectivity index (χ0) is 9.84. The van der Waals surface area contributed by atoms with Gasteiger partial charge in [-0.05, 0) is 18.2 Å². The first kappa shape index (κ1) is 9.66. The van der Waals surface area contributed by atoms with E-state index in [4.69, 9.17) is 0 Å². The number of carbonyl (C=O) groups is 1. The van der Waals surface area contributed by atoms with Gasteiger partial charge in [0.25, 0.3) is 5.09 Å². The molecule has 0 unspecified atom stereocenters. The zero-order valence-corrected chi connectivity index (χ0v) is 7.85. The number of aldehydes is 1. The van der Waals surface area contributed by atoms with Crippen molar-refractivity contribution in [2.24, 2.45) is 0 Å². The highest BCUT2D eigenvalue weighted by molar-refractivity contribution is 9.10. The molecule has 0 aliphatic carbocycles. The minimum absolute atomic E-state index is 0.0665. The van der Waals surface area contributed by atoms with E-state index in [9.17, 15) is 14.9 Å². The van der Waals surface area contributed by atoms with Crippen molar-refractivity contribution in [2.75, 3.05) is 0 Å². The van der Waals surface area contributed by atoms with Crippen molar-refractivity contribution in [1.29, 1.82) is 0 Å². The molecule has 0 spiro atoms. The SMILES string of the molecule is O=Cc1cc(Br)ccc1O[N+](=O)[O-]. The quantitative estimate of drug-likeness (QED) is 0.463. The molecule has 1 aromatic rings. The van der Waals surface area contributed by atoms with Crippen LogP contribution in [-0.4, -0.2) is 11.4 Å². The van der Waals surface area contributed by atoms with E-state index in [-0.39, 0.29) is 11.3 Å². The van der Waals surface area contributed by atoms with Crippen LogP contribution in [0.5, 0.6) is 5.75 Å². The fourth-order valence-electron chi connectivity index (χ4n) is 0.775. The highest BCUT2D eigenvalue weighted by Crippen LogP contribution is 2.21. The van der Waals surface area contributed by atoms with Crippen LogP contribution in [0.1, 0.15) is 10.4 Å². The summed E-state index contributed by atoms with van der Waals surface area (Å²) in [6.45, 7) is 0. The standard InChI is InChI=1S/C7H4BrNO4/c8-6-1-2-7(13-9(11)12)5(3-6)4-10/h1-4H. The normalized spacial score (nSPS) is 9.31. The van der Waals surface area contributed by atoms with Crippen molar-refractivity contribution in [1.82, 2.24) is 0 Å². The van der Waals surface area contributed by atoms with Gasteiger partial charge in [-0.25, -0.2) is 0 Å². The topological polar surface area (TPSA) is 69.4 Å². The Kier molecular flexibility index (Phi) is 2.97. The molecule has 0 radical (unpaired) electrons. The van der Waals surface area contributed by atoms with E-state index in [1.165, 1.54) is 12.1 Å². The Morgan fingerprint density at radius 1 is 1.54 bits per heavy atom. The Bertz CT molecular complexity index is 352. The fourth-order valence-corrected chi connectivity index (χ4v) is 1.15. The molecule has 0 aliphatic heterocycles. The molecule has 6 heteroatoms. The summed E-state index contributed by atoms with van der Waals surface area (Å²) in [6.07, 6.45) is 0.490. The molecule has 5 nitrogen and oxygen atoms in total. The number of benzene rings is 1. The monoisotopic (exact) mass is 245 g/mol. The lowest BCUT2D eigenvalue weighted by atomic mass is 10.2. The molecule has 0 aliphatic rings. The van der Waals surface area contributed by atoms with E-state index in [1.807, 2.05) is 0 Å². The van der Waals surface area contributed by atoms with Gasteiger partial charge in [0.2, 0.25) is 0 Å². The molecular weight excluding hydrogens is 242 g/mol. The first-order valence-corrected chi connectivity index (χ1v) is 4.00. The van der Waals surface area contributed by atoms with E-state index in [2.05, 4.69) is 20.8 Å². The van der Waals surface area contributed by atoms with Crippen molar-refractivity contribution >= 4 is 22.2 Å². The van der Waals surface area contributed by atoms with E-state index < -0.39 is 5.09 Å². The van der Waals surface area contributed by atoms with Crippen LogP contribution in [-0.2, 0) is 0 Å². The smallest absolute Gasteiger partial charge is 0.298 e. The highest BCUT2D eigenvalue weighted by atomic mass is 79.9. The molecule has 0 saturated carbocycles. The van der Waals surface area contributed by atoms with Gasteiger partial charge in [-0.15, -0.1) is 10.1 Å². The van der Waals surface area contributed by atoms with Crippen molar-refractivity contribution in [3.8, 4) is 5.75 Å². The van der Waals surface area contributed by atoms with Crippen molar-refractivity contribution in [2.45, 2.75) is 0 Å². The lowest BCUT2D eigenvalue weighted by Crippen LogP contribution is -2.05. The predicted molar refractivity (Wildman–Crippen MR) is 47.2 cm³/mol. The maximum atomic E-state index is 10.4. The lowest BCUT2D eigenvalue weighted by molar-refractivity contribution is -0.711. The molecular formula is C7H4BrNO4. The van der Waals surface area contributed by atoms with Crippen molar-refractivity contribution in [3.05, 3.63) is 38.3 Å². The van der Waals surface area contributed by atoms with Crippen LogP contribution in [0.15, 0.2) is 22.7 Å². The second-order valence-corrected chi connectivity index (χ2v) is 3.03. The number of nitrogens with zero attached hydrogens (tertiary/aromatic N) is 1. The van der Waals surface area contributed by atoms with Crippen molar-refractivity contribution in [3.63, 3.8) is 0 Å². The van der Waals surface area contributed by atoms with E-state index in [1.54, 1.807) is 6.07 Å².